The molecule has 0 radical (unpaired) electrons. The third-order valence-corrected chi connectivity index (χ3v) is 4.23. The van der Waals surface area contributed by atoms with E-state index in [4.69, 9.17) is 0 Å². The molecule has 1 unspecified atom stereocenters. The maximum Gasteiger partial charge on any atom is 0.149 e. The van der Waals surface area contributed by atoms with E-state index in [2.05, 4.69) is 46.4 Å². The average molecular weight is 311 g/mol. The van der Waals surface area contributed by atoms with E-state index in [1.54, 1.807) is 6.07 Å². The molecule has 1 atom stereocenters. The lowest BCUT2D eigenvalue weighted by atomic mass is 9.88. The van der Waals surface area contributed by atoms with Crippen molar-refractivity contribution >= 4 is 5.69 Å². The second-order valence-corrected chi connectivity index (χ2v) is 7.73. The van der Waals surface area contributed by atoms with Crippen molar-refractivity contribution in [2.45, 2.75) is 54.4 Å². The summed E-state index contributed by atoms with van der Waals surface area (Å²) in [7, 11) is 0. The number of nitrogens with zero attached hydrogens (tertiary/aromatic N) is 1. The molecule has 0 spiro atoms. The Bertz CT molecular complexity index is 469. The zero-order chi connectivity index (χ0) is 16.9. The fourth-order valence-corrected chi connectivity index (χ4v) is 2.87. The molecule has 1 aromatic rings. The Labute approximate surface area is 134 Å². The van der Waals surface area contributed by atoms with Gasteiger partial charge in [-0.3, -0.25) is 0 Å². The first-order chi connectivity index (χ1) is 10.1. The van der Waals surface area contributed by atoms with Crippen molar-refractivity contribution in [3.63, 3.8) is 0 Å². The van der Waals surface area contributed by atoms with Gasteiger partial charge in [0, 0.05) is 19.2 Å². The number of benzene rings is 1. The van der Waals surface area contributed by atoms with Crippen molar-refractivity contribution in [3.05, 3.63) is 29.8 Å². The molecule has 1 aromatic carbocycles. The standard InChI is InChI=1S/C19H31F2N/c1-7-19(5,6)13-22(12-15(4)10-14(2)3)18-9-8-16(20)11-17(18)21/h8-9,11,14-15H,7,10,12-13H2,1-6H3. The van der Waals surface area contributed by atoms with E-state index in [9.17, 15) is 8.78 Å². The van der Waals surface area contributed by atoms with Gasteiger partial charge in [0.2, 0.25) is 0 Å². The van der Waals surface area contributed by atoms with Crippen LogP contribution in [0.5, 0.6) is 0 Å². The van der Waals surface area contributed by atoms with Gasteiger partial charge in [0.1, 0.15) is 11.6 Å². The Morgan fingerprint density at radius 1 is 1.14 bits per heavy atom. The molecule has 0 bridgehead atoms. The number of hydrogen-bond donors (Lipinski definition) is 0. The molecule has 0 aliphatic carbocycles. The topological polar surface area (TPSA) is 3.24 Å². The highest BCUT2D eigenvalue weighted by Crippen LogP contribution is 2.29. The molecule has 0 saturated carbocycles. The molecular formula is C19H31F2N. The molecule has 3 heteroatoms. The Morgan fingerprint density at radius 2 is 1.77 bits per heavy atom. The van der Waals surface area contributed by atoms with E-state index < -0.39 is 11.6 Å². The lowest BCUT2D eigenvalue weighted by Gasteiger charge is -2.35. The predicted molar refractivity (Wildman–Crippen MR) is 91.3 cm³/mol. The summed E-state index contributed by atoms with van der Waals surface area (Å²) in [5.41, 5.74) is 0.608. The first-order valence-corrected chi connectivity index (χ1v) is 8.34. The van der Waals surface area contributed by atoms with Gasteiger partial charge in [-0.25, -0.2) is 8.78 Å². The van der Waals surface area contributed by atoms with Gasteiger partial charge >= 0.3 is 0 Å². The first kappa shape index (κ1) is 18.9. The molecule has 1 nitrogen and oxygen atoms in total. The first-order valence-electron chi connectivity index (χ1n) is 8.34. The van der Waals surface area contributed by atoms with Gasteiger partial charge in [-0.1, -0.05) is 41.5 Å². The highest BCUT2D eigenvalue weighted by atomic mass is 19.1. The van der Waals surface area contributed by atoms with Crippen LogP contribution < -0.4 is 4.90 Å². The minimum atomic E-state index is -0.522. The van der Waals surface area contributed by atoms with Crippen LogP contribution in [0.25, 0.3) is 0 Å². The molecular weight excluding hydrogens is 280 g/mol. The number of halogens is 2. The zero-order valence-corrected chi connectivity index (χ0v) is 14.9. The van der Waals surface area contributed by atoms with Gasteiger partial charge in [-0.2, -0.15) is 0 Å². The molecule has 126 valence electrons. The third kappa shape index (κ3) is 5.94. The van der Waals surface area contributed by atoms with E-state index in [-0.39, 0.29) is 5.41 Å². The Morgan fingerprint density at radius 3 is 2.27 bits per heavy atom. The molecule has 0 amide bonds. The molecule has 0 aromatic heterocycles. The quantitative estimate of drug-likeness (QED) is 0.578. The molecule has 0 N–H and O–H groups in total. The lowest BCUT2D eigenvalue weighted by molar-refractivity contribution is 0.335. The SMILES string of the molecule is CCC(C)(C)CN(CC(C)CC(C)C)c1ccc(F)cc1F. The van der Waals surface area contributed by atoms with E-state index in [1.807, 2.05) is 0 Å². The number of rotatable bonds is 8. The van der Waals surface area contributed by atoms with Crippen LogP contribution in [-0.2, 0) is 0 Å². The van der Waals surface area contributed by atoms with Gasteiger partial charge in [-0.15, -0.1) is 0 Å². The highest BCUT2D eigenvalue weighted by molar-refractivity contribution is 5.48. The summed E-state index contributed by atoms with van der Waals surface area (Å²) < 4.78 is 27.4. The van der Waals surface area contributed by atoms with Crippen LogP contribution in [0, 0.1) is 28.9 Å². The molecule has 0 saturated heterocycles. The van der Waals surface area contributed by atoms with Crippen LogP contribution in [0.1, 0.15) is 54.4 Å². The van der Waals surface area contributed by atoms with Crippen molar-refractivity contribution in [3.8, 4) is 0 Å². The lowest BCUT2D eigenvalue weighted by Crippen LogP contribution is -2.37. The van der Waals surface area contributed by atoms with Crippen molar-refractivity contribution in [2.24, 2.45) is 17.3 Å². The minimum absolute atomic E-state index is 0.0956. The second-order valence-electron chi connectivity index (χ2n) is 7.73. The summed E-state index contributed by atoms with van der Waals surface area (Å²) in [6.45, 7) is 14.7. The van der Waals surface area contributed by atoms with Crippen molar-refractivity contribution < 1.29 is 8.78 Å². The second kappa shape index (κ2) is 7.94. The summed E-state index contributed by atoms with van der Waals surface area (Å²) in [6.07, 6.45) is 2.12. The van der Waals surface area contributed by atoms with Crippen LogP contribution in [0.2, 0.25) is 0 Å². The molecule has 1 rings (SSSR count). The largest absolute Gasteiger partial charge is 0.368 e. The number of hydrogen-bond acceptors (Lipinski definition) is 1. The van der Waals surface area contributed by atoms with Crippen molar-refractivity contribution in [2.75, 3.05) is 18.0 Å². The zero-order valence-electron chi connectivity index (χ0n) is 14.9. The molecule has 0 fully saturated rings. The fraction of sp³-hybridized carbons (Fsp3) is 0.684. The van der Waals surface area contributed by atoms with Crippen LogP contribution in [0.15, 0.2) is 18.2 Å². The van der Waals surface area contributed by atoms with Gasteiger partial charge in [-0.05, 0) is 42.2 Å². The minimum Gasteiger partial charge on any atom is -0.368 e. The normalized spacial score (nSPS) is 13.5. The van der Waals surface area contributed by atoms with E-state index in [0.29, 0.717) is 17.5 Å². The van der Waals surface area contributed by atoms with Crippen LogP contribution in [-0.4, -0.2) is 13.1 Å². The summed E-state index contributed by atoms with van der Waals surface area (Å²) >= 11 is 0. The third-order valence-electron chi connectivity index (χ3n) is 4.23. The van der Waals surface area contributed by atoms with Gasteiger partial charge < -0.3 is 4.90 Å². The number of anilines is 1. The summed E-state index contributed by atoms with van der Waals surface area (Å²) in [5.74, 6) is 0.0982. The van der Waals surface area contributed by atoms with E-state index in [1.165, 1.54) is 6.07 Å². The fourth-order valence-electron chi connectivity index (χ4n) is 2.87. The van der Waals surface area contributed by atoms with Gasteiger partial charge in [0.15, 0.2) is 0 Å². The van der Waals surface area contributed by atoms with Gasteiger partial charge in [0.25, 0.3) is 0 Å². The van der Waals surface area contributed by atoms with Crippen LogP contribution in [0.3, 0.4) is 0 Å². The predicted octanol–water partition coefficient (Wildman–Crippen LogP) is 5.89. The monoisotopic (exact) mass is 311 g/mol. The van der Waals surface area contributed by atoms with Gasteiger partial charge in [0.05, 0.1) is 5.69 Å². The summed E-state index contributed by atoms with van der Waals surface area (Å²) in [6, 6.07) is 3.89. The molecule has 0 aliphatic rings. The highest BCUT2D eigenvalue weighted by Gasteiger charge is 2.23. The average Bonchev–Trinajstić information content (AvgIpc) is 2.36. The summed E-state index contributed by atoms with van der Waals surface area (Å²) in [4.78, 5) is 2.09. The van der Waals surface area contributed by atoms with Crippen LogP contribution in [0.4, 0.5) is 14.5 Å². The van der Waals surface area contributed by atoms with E-state index in [0.717, 1.165) is 32.0 Å². The maximum atomic E-state index is 14.2. The molecule has 22 heavy (non-hydrogen) atoms. The smallest absolute Gasteiger partial charge is 0.149 e. The Hall–Kier alpha value is -1.12. The molecule has 0 heterocycles. The van der Waals surface area contributed by atoms with E-state index >= 15 is 0 Å². The summed E-state index contributed by atoms with van der Waals surface area (Å²) in [5, 5.41) is 0. The van der Waals surface area contributed by atoms with Crippen molar-refractivity contribution in [1.29, 1.82) is 0 Å². The molecule has 0 aliphatic heterocycles. The Kier molecular flexibility index (Phi) is 6.83. The van der Waals surface area contributed by atoms with Crippen molar-refractivity contribution in [1.82, 2.24) is 0 Å². The maximum absolute atomic E-state index is 14.2. The Balaban J connectivity index is 3.00. The van der Waals surface area contributed by atoms with Crippen LogP contribution >= 0.6 is 0 Å².